The molecule has 17 nitrogen and oxygen atoms in total. The minimum atomic E-state index is -4.10. The summed E-state index contributed by atoms with van der Waals surface area (Å²) in [6.45, 7) is 13.6. The van der Waals surface area contributed by atoms with Crippen LogP contribution >= 0.6 is 30.9 Å². The molecule has 3 aromatic rings. The molecule has 4 heterocycles. The van der Waals surface area contributed by atoms with Crippen LogP contribution in [-0.4, -0.2) is 95.0 Å². The second kappa shape index (κ2) is 18.1. The van der Waals surface area contributed by atoms with Gasteiger partial charge in [0.15, 0.2) is 17.6 Å². The van der Waals surface area contributed by atoms with E-state index in [-0.39, 0.29) is 35.7 Å². The third-order valence-corrected chi connectivity index (χ3v) is 8.61. The van der Waals surface area contributed by atoms with Crippen LogP contribution in [0.25, 0.3) is 0 Å². The van der Waals surface area contributed by atoms with Crippen LogP contribution in [-0.2, 0) is 27.1 Å². The zero-order valence-corrected chi connectivity index (χ0v) is 32.5. The van der Waals surface area contributed by atoms with E-state index >= 15 is 0 Å². The van der Waals surface area contributed by atoms with Crippen LogP contribution in [0, 0.1) is 23.6 Å². The number of hydrogen-bond donors (Lipinski definition) is 6. The Bertz CT molecular complexity index is 1900. The normalized spacial score (nSPS) is 14.8. The summed E-state index contributed by atoms with van der Waals surface area (Å²) < 4.78 is 36.4. The van der Waals surface area contributed by atoms with Gasteiger partial charge in [0.2, 0.25) is 16.7 Å². The molecule has 0 saturated heterocycles. The van der Waals surface area contributed by atoms with Gasteiger partial charge in [0.25, 0.3) is 5.91 Å². The standard InChI is InChI=1S/C18H17FN4O2S.C10H19N5S.C3H8NO5P/c1-4-5-22-13-7-12(11(19)6-14(13)25-9-16(22)24)20-17-23-10-18(2,3)8-15(23)21-26-17;1-6-11-7-12-8(15-10(2,3)4)14-9(13-7)16-5;5-3(6)1-4-2-10(7,8)9/h1,6-7H,5,8-10H2,2-3H3;6H2,1-5H3,(H2,11,12,13,14,15);4H,1-2H2,(H,5,6)(H2,7,8,9). The first-order valence-electron chi connectivity index (χ1n) is 15.8. The van der Waals surface area contributed by atoms with Crippen LogP contribution in [0.4, 0.5) is 27.7 Å². The molecule has 0 unspecified atom stereocenters. The average molecular weight is 783 g/mol. The second-order valence-electron chi connectivity index (χ2n) is 13.2. The van der Waals surface area contributed by atoms with Crippen LogP contribution in [0.15, 0.2) is 22.3 Å². The molecule has 0 bridgehead atoms. The van der Waals surface area contributed by atoms with Gasteiger partial charge in [-0.05, 0) is 45.4 Å². The minimum absolute atomic E-state index is 0.0550. The van der Waals surface area contributed by atoms with Crippen molar-refractivity contribution >= 4 is 66.0 Å². The molecule has 0 radical (unpaired) electrons. The largest absolute Gasteiger partial charge is 0.481 e. The van der Waals surface area contributed by atoms with E-state index in [9.17, 15) is 18.5 Å². The first-order chi connectivity index (χ1) is 24.2. The number of amides is 1. The van der Waals surface area contributed by atoms with E-state index in [1.807, 2.05) is 17.7 Å². The molecular formula is C31H44FN10O7PS2. The maximum Gasteiger partial charge on any atom is 0.339 e. The minimum Gasteiger partial charge on any atom is -0.481 e. The van der Waals surface area contributed by atoms with E-state index in [1.165, 1.54) is 40.3 Å². The number of benzene rings is 1. The number of carboxylic acids is 1. The highest BCUT2D eigenvalue weighted by Gasteiger charge is 2.31. The zero-order valence-electron chi connectivity index (χ0n) is 29.9. The number of fused-ring (bicyclic) bond motifs is 2. The van der Waals surface area contributed by atoms with E-state index in [0.29, 0.717) is 28.1 Å². The lowest BCUT2D eigenvalue weighted by molar-refractivity contribution is -0.135. The van der Waals surface area contributed by atoms with Crippen molar-refractivity contribution in [2.75, 3.05) is 54.3 Å². The van der Waals surface area contributed by atoms with Gasteiger partial charge in [0, 0.05) is 42.6 Å². The number of terminal acetylenes is 1. The van der Waals surface area contributed by atoms with Gasteiger partial charge < -0.3 is 34.8 Å². The zero-order chi connectivity index (χ0) is 38.9. The fraction of sp³-hybridized carbons (Fsp3) is 0.516. The lowest BCUT2D eigenvalue weighted by Gasteiger charge is -2.28. The predicted molar refractivity (Wildman–Crippen MR) is 198 cm³/mol. The number of anilines is 3. The Morgan fingerprint density at radius 3 is 2.54 bits per heavy atom. The number of carboxylic acid groups (broad SMARTS) is 1. The van der Waals surface area contributed by atoms with Gasteiger partial charge >= 0.3 is 13.6 Å². The molecule has 1 amide bonds. The number of thioether (sulfide) groups is 1. The van der Waals surface area contributed by atoms with Crippen LogP contribution in [0.3, 0.4) is 0 Å². The molecule has 52 heavy (non-hydrogen) atoms. The molecule has 5 rings (SSSR count). The Labute approximate surface area is 309 Å². The highest BCUT2D eigenvalue weighted by Crippen LogP contribution is 2.37. The van der Waals surface area contributed by atoms with Crippen LogP contribution in [0.1, 0.15) is 47.4 Å². The lowest BCUT2D eigenvalue weighted by atomic mass is 9.92. The van der Waals surface area contributed by atoms with Gasteiger partial charge in [-0.15, -0.1) is 6.42 Å². The maximum atomic E-state index is 14.5. The molecule has 0 saturated carbocycles. The molecule has 284 valence electrons. The topological polar surface area (TPSA) is 229 Å². The number of aliphatic carboxylic acids is 1. The third-order valence-electron chi connectivity index (χ3n) is 6.65. The van der Waals surface area contributed by atoms with Crippen LogP contribution < -0.4 is 30.4 Å². The van der Waals surface area contributed by atoms with E-state index in [2.05, 4.69) is 80.8 Å². The Hall–Kier alpha value is -4.12. The molecule has 0 fully saturated rings. The highest BCUT2D eigenvalue weighted by atomic mass is 32.2. The number of aromatic nitrogens is 5. The van der Waals surface area contributed by atoms with Crippen molar-refractivity contribution in [2.24, 2.45) is 10.4 Å². The van der Waals surface area contributed by atoms with Gasteiger partial charge in [-0.25, -0.2) is 9.38 Å². The molecule has 2 aromatic heterocycles. The number of carbonyl (C=O) groups is 2. The van der Waals surface area contributed by atoms with Crippen LogP contribution in [0.2, 0.25) is 0 Å². The third kappa shape index (κ3) is 13.1. The van der Waals surface area contributed by atoms with Gasteiger partial charge in [0.05, 0.1) is 25.1 Å². The van der Waals surface area contributed by atoms with E-state index in [4.69, 9.17) is 26.1 Å². The number of nitrogens with zero attached hydrogens (tertiary/aromatic N) is 7. The molecule has 1 aromatic carbocycles. The number of halogens is 1. The second-order valence-corrected chi connectivity index (χ2v) is 16.3. The molecule has 6 N–H and O–H groups in total. The summed E-state index contributed by atoms with van der Waals surface area (Å²) in [5.74, 6) is 3.01. The Morgan fingerprint density at radius 1 is 1.25 bits per heavy atom. The quantitative estimate of drug-likeness (QED) is 0.0985. The lowest BCUT2D eigenvalue weighted by Crippen LogP contribution is -2.39. The summed E-state index contributed by atoms with van der Waals surface area (Å²) in [4.78, 5) is 57.6. The summed E-state index contributed by atoms with van der Waals surface area (Å²) in [5, 5.41) is 17.1. The number of nitrogens with one attached hydrogen (secondary N) is 3. The molecule has 0 spiro atoms. The number of ether oxygens (including phenoxy) is 1. The molecular weight excluding hydrogens is 739 g/mol. The number of carbonyl (C=O) groups excluding carboxylic acids is 1. The highest BCUT2D eigenvalue weighted by molar-refractivity contribution is 7.98. The molecule has 0 aliphatic carbocycles. The van der Waals surface area contributed by atoms with Crippen molar-refractivity contribution in [1.82, 2.24) is 29.2 Å². The van der Waals surface area contributed by atoms with E-state index in [0.717, 1.165) is 30.5 Å². The first kappa shape index (κ1) is 42.3. The number of hydrogen-bond acceptors (Lipinski definition) is 14. The fourth-order valence-corrected chi connectivity index (χ4v) is 6.15. The van der Waals surface area contributed by atoms with Gasteiger partial charge in [-0.3, -0.25) is 24.4 Å². The van der Waals surface area contributed by atoms with Crippen molar-refractivity contribution in [2.45, 2.75) is 65.2 Å². The molecule has 21 heteroatoms. The summed E-state index contributed by atoms with van der Waals surface area (Å²) >= 11 is 2.75. The predicted octanol–water partition coefficient (Wildman–Crippen LogP) is 3.29. The Morgan fingerprint density at radius 2 is 1.94 bits per heavy atom. The molecule has 0 atom stereocenters. The Balaban J connectivity index is 0.000000240. The van der Waals surface area contributed by atoms with Gasteiger partial charge in [-0.2, -0.15) is 19.3 Å². The number of rotatable bonds is 10. The summed E-state index contributed by atoms with van der Waals surface area (Å²) in [5.41, 5.74) is 0.623. The van der Waals surface area contributed by atoms with Gasteiger partial charge in [-0.1, -0.05) is 31.5 Å². The summed E-state index contributed by atoms with van der Waals surface area (Å²) in [6.07, 6.45) is 7.57. The molecule has 2 aliphatic rings. The summed E-state index contributed by atoms with van der Waals surface area (Å²) in [6, 6.07) is 2.76. The monoisotopic (exact) mass is 782 g/mol. The smallest absolute Gasteiger partial charge is 0.339 e. The van der Waals surface area contributed by atoms with Crippen molar-refractivity contribution in [3.05, 3.63) is 28.6 Å². The van der Waals surface area contributed by atoms with E-state index < -0.39 is 32.2 Å². The Kier molecular flexibility index (Phi) is 14.7. The SMILES string of the molecule is C#CCN1C(=O)COc2cc(F)c(N=c3snc4n3CC(C)(C)C4)cc21.CCNc1nc(NC(C)(C)C)nc(SC)n1.O=C(O)CNCP(=O)(O)O. The van der Waals surface area contributed by atoms with Crippen molar-refractivity contribution in [3.63, 3.8) is 0 Å². The van der Waals surface area contributed by atoms with Crippen molar-refractivity contribution in [1.29, 1.82) is 0 Å². The van der Waals surface area contributed by atoms with Crippen molar-refractivity contribution in [3.8, 4) is 18.1 Å². The first-order valence-corrected chi connectivity index (χ1v) is 19.6. The fourth-order valence-electron chi connectivity index (χ4n) is 4.63. The van der Waals surface area contributed by atoms with Crippen molar-refractivity contribution < 1.29 is 38.2 Å². The molecule has 2 aliphatic heterocycles. The van der Waals surface area contributed by atoms with E-state index in [1.54, 1.807) is 0 Å². The van der Waals surface area contributed by atoms with Crippen LogP contribution in [0.5, 0.6) is 5.75 Å². The average Bonchev–Trinajstić information content (AvgIpc) is 3.53. The summed E-state index contributed by atoms with van der Waals surface area (Å²) in [7, 11) is -4.10. The maximum absolute atomic E-state index is 14.5. The van der Waals surface area contributed by atoms with Gasteiger partial charge in [0.1, 0.15) is 17.3 Å².